The van der Waals surface area contributed by atoms with Gasteiger partial charge in [0.1, 0.15) is 5.82 Å². The van der Waals surface area contributed by atoms with E-state index in [0.717, 1.165) is 5.56 Å². The third-order valence-electron chi connectivity index (χ3n) is 1.42. The molecule has 0 amide bonds. The second kappa shape index (κ2) is 4.09. The van der Waals surface area contributed by atoms with Crippen LogP contribution < -0.4 is 0 Å². The summed E-state index contributed by atoms with van der Waals surface area (Å²) in [5, 5.41) is 8.45. The number of hydrogen-bond acceptors (Lipinski definition) is 1. The molecule has 1 aromatic carbocycles. The number of rotatable bonds is 3. The van der Waals surface area contributed by atoms with Crippen molar-refractivity contribution in [2.24, 2.45) is 0 Å². The first-order valence-corrected chi connectivity index (χ1v) is 3.50. The van der Waals surface area contributed by atoms with Crippen LogP contribution in [-0.2, 0) is 6.42 Å². The summed E-state index contributed by atoms with van der Waals surface area (Å²) in [7, 11) is 0. The van der Waals surface area contributed by atoms with Gasteiger partial charge in [0.2, 0.25) is 0 Å². The van der Waals surface area contributed by atoms with Crippen LogP contribution in [0.3, 0.4) is 0 Å². The van der Waals surface area contributed by atoms with Gasteiger partial charge in [0.25, 0.3) is 0 Å². The lowest BCUT2D eigenvalue weighted by molar-refractivity contribution is 0.325. The predicted octanol–water partition coefficient (Wildman–Crippen LogP) is 1.56. The van der Waals surface area contributed by atoms with Crippen LogP contribution in [0.4, 0.5) is 4.39 Å². The van der Waals surface area contributed by atoms with Gasteiger partial charge in [-0.15, -0.1) is 0 Å². The average molecular weight is 153 g/mol. The van der Waals surface area contributed by atoms with Gasteiger partial charge in [-0.1, -0.05) is 12.1 Å². The molecule has 1 rings (SSSR count). The zero-order valence-electron chi connectivity index (χ0n) is 6.13. The molecule has 59 valence electrons. The normalized spacial score (nSPS) is 10.0. The van der Waals surface area contributed by atoms with E-state index in [2.05, 4.69) is 0 Å². The summed E-state index contributed by atoms with van der Waals surface area (Å²) in [6, 6.07) is 6.25. The van der Waals surface area contributed by atoms with Crippen LogP contribution in [0.15, 0.2) is 24.3 Å². The van der Waals surface area contributed by atoms with Crippen LogP contribution in [0, 0.1) is 12.2 Å². The van der Waals surface area contributed by atoms with Crippen LogP contribution in [0.2, 0.25) is 0 Å². The van der Waals surface area contributed by atoms with Gasteiger partial charge >= 0.3 is 0 Å². The number of aliphatic hydroxyl groups excluding tert-OH is 1. The van der Waals surface area contributed by atoms with Crippen molar-refractivity contribution in [3.05, 3.63) is 42.1 Å². The van der Waals surface area contributed by atoms with Crippen LogP contribution in [0.5, 0.6) is 0 Å². The number of hydrogen-bond donors (Lipinski definition) is 1. The Kier molecular flexibility index (Phi) is 3.05. The molecule has 0 saturated carbocycles. The number of halogens is 1. The summed E-state index contributed by atoms with van der Waals surface area (Å²) < 4.78 is 12.3. The van der Waals surface area contributed by atoms with Crippen molar-refractivity contribution >= 4 is 0 Å². The second-order valence-corrected chi connectivity index (χ2v) is 2.30. The first-order valence-electron chi connectivity index (χ1n) is 3.50. The fourth-order valence-electron chi connectivity index (χ4n) is 0.852. The minimum Gasteiger partial charge on any atom is -0.396 e. The molecule has 1 aromatic rings. The Hall–Kier alpha value is -0.890. The molecular formula is C9H10FO. The molecule has 0 atom stereocenters. The maximum Gasteiger partial charge on any atom is 0.123 e. The van der Waals surface area contributed by atoms with Crippen LogP contribution >= 0.6 is 0 Å². The molecule has 1 N–H and O–H groups in total. The topological polar surface area (TPSA) is 20.2 Å². The van der Waals surface area contributed by atoms with E-state index in [9.17, 15) is 4.39 Å². The Morgan fingerprint density at radius 1 is 1.27 bits per heavy atom. The first-order chi connectivity index (χ1) is 5.33. The number of aliphatic hydroxyl groups is 1. The van der Waals surface area contributed by atoms with E-state index < -0.39 is 0 Å². The second-order valence-electron chi connectivity index (χ2n) is 2.30. The highest BCUT2D eigenvalue weighted by Gasteiger charge is 1.92. The minimum absolute atomic E-state index is 0.0668. The Morgan fingerprint density at radius 2 is 1.91 bits per heavy atom. The van der Waals surface area contributed by atoms with Crippen molar-refractivity contribution < 1.29 is 9.50 Å². The van der Waals surface area contributed by atoms with E-state index in [0.29, 0.717) is 6.42 Å². The molecule has 0 heterocycles. The van der Waals surface area contributed by atoms with Gasteiger partial charge in [-0.3, -0.25) is 0 Å². The highest BCUT2D eigenvalue weighted by atomic mass is 19.1. The maximum atomic E-state index is 12.3. The summed E-state index contributed by atoms with van der Waals surface area (Å²) in [5.74, 6) is -0.224. The summed E-state index contributed by atoms with van der Waals surface area (Å²) in [6.45, 7) is 0.0668. The minimum atomic E-state index is -0.224. The highest BCUT2D eigenvalue weighted by molar-refractivity contribution is 5.17. The molecule has 0 aliphatic carbocycles. The third-order valence-corrected chi connectivity index (χ3v) is 1.42. The highest BCUT2D eigenvalue weighted by Crippen LogP contribution is 2.04. The summed E-state index contributed by atoms with van der Waals surface area (Å²) >= 11 is 0. The van der Waals surface area contributed by atoms with Crippen molar-refractivity contribution in [3.8, 4) is 0 Å². The smallest absolute Gasteiger partial charge is 0.123 e. The molecular weight excluding hydrogens is 143 g/mol. The zero-order valence-corrected chi connectivity index (χ0v) is 6.13. The summed E-state index contributed by atoms with van der Waals surface area (Å²) in [6.07, 6.45) is 2.42. The Morgan fingerprint density at radius 3 is 2.45 bits per heavy atom. The monoisotopic (exact) mass is 153 g/mol. The van der Waals surface area contributed by atoms with Crippen molar-refractivity contribution in [1.82, 2.24) is 0 Å². The fraction of sp³-hybridized carbons (Fsp3) is 0.222. The molecule has 0 aliphatic rings. The lowest BCUT2D eigenvalue weighted by Crippen LogP contribution is -1.90. The zero-order chi connectivity index (χ0) is 8.10. The molecule has 0 aliphatic heterocycles. The van der Waals surface area contributed by atoms with Crippen molar-refractivity contribution in [2.45, 2.75) is 6.42 Å². The average Bonchev–Trinajstić information content (AvgIpc) is 2.04. The molecule has 0 spiro atoms. The molecule has 2 heteroatoms. The van der Waals surface area contributed by atoms with Gasteiger partial charge in [0.15, 0.2) is 0 Å². The Balaban J connectivity index is 2.52. The molecule has 0 bridgehead atoms. The van der Waals surface area contributed by atoms with Crippen LogP contribution in [0.1, 0.15) is 5.56 Å². The summed E-state index contributed by atoms with van der Waals surface area (Å²) in [5.41, 5.74) is 1.01. The van der Waals surface area contributed by atoms with E-state index in [1.807, 2.05) is 0 Å². The molecule has 0 unspecified atom stereocenters. The third kappa shape index (κ3) is 2.68. The van der Waals surface area contributed by atoms with Crippen LogP contribution in [0.25, 0.3) is 0 Å². The van der Waals surface area contributed by atoms with Gasteiger partial charge in [0, 0.05) is 6.61 Å². The first kappa shape index (κ1) is 8.21. The van der Waals surface area contributed by atoms with Gasteiger partial charge in [-0.05, 0) is 30.5 Å². The quantitative estimate of drug-likeness (QED) is 0.698. The van der Waals surface area contributed by atoms with Gasteiger partial charge < -0.3 is 5.11 Å². The lowest BCUT2D eigenvalue weighted by atomic mass is 10.1. The predicted molar refractivity (Wildman–Crippen MR) is 41.5 cm³/mol. The molecule has 0 fully saturated rings. The van der Waals surface area contributed by atoms with Gasteiger partial charge in [0.05, 0.1) is 0 Å². The SMILES string of the molecule is OC[CH]Cc1ccc(F)cc1. The maximum absolute atomic E-state index is 12.3. The number of benzene rings is 1. The molecule has 11 heavy (non-hydrogen) atoms. The van der Waals surface area contributed by atoms with Crippen molar-refractivity contribution in [1.29, 1.82) is 0 Å². The van der Waals surface area contributed by atoms with E-state index >= 15 is 0 Å². The van der Waals surface area contributed by atoms with Crippen molar-refractivity contribution in [2.75, 3.05) is 6.61 Å². The lowest BCUT2D eigenvalue weighted by Gasteiger charge is -1.97. The van der Waals surface area contributed by atoms with Gasteiger partial charge in [-0.25, -0.2) is 4.39 Å². The molecule has 1 nitrogen and oxygen atoms in total. The van der Waals surface area contributed by atoms with Gasteiger partial charge in [-0.2, -0.15) is 0 Å². The largest absolute Gasteiger partial charge is 0.396 e. The Labute approximate surface area is 65.5 Å². The van der Waals surface area contributed by atoms with E-state index in [1.54, 1.807) is 18.6 Å². The van der Waals surface area contributed by atoms with Crippen molar-refractivity contribution in [3.63, 3.8) is 0 Å². The van der Waals surface area contributed by atoms with Crippen LogP contribution in [-0.4, -0.2) is 11.7 Å². The summed E-state index contributed by atoms with van der Waals surface area (Å²) in [4.78, 5) is 0. The molecule has 0 saturated heterocycles. The van der Waals surface area contributed by atoms with E-state index in [1.165, 1.54) is 12.1 Å². The molecule has 0 aromatic heterocycles. The van der Waals surface area contributed by atoms with E-state index in [-0.39, 0.29) is 12.4 Å². The Bertz CT molecular complexity index is 205. The fourth-order valence-corrected chi connectivity index (χ4v) is 0.852. The molecule has 1 radical (unpaired) electrons. The van der Waals surface area contributed by atoms with E-state index in [4.69, 9.17) is 5.11 Å². The standard InChI is InChI=1S/C9H10FO/c10-9-5-3-8(4-6-9)2-1-7-11/h1,3-6,11H,2,7H2.